The summed E-state index contributed by atoms with van der Waals surface area (Å²) in [5.74, 6) is -0.157. The number of aryl methyl sites for hydroxylation is 1. The molecule has 1 amide bonds. The van der Waals surface area contributed by atoms with Crippen LogP contribution in [-0.4, -0.2) is 20.9 Å². The SMILES string of the molecule is Cc1cc(-c2ncccc2-c2ccc3ncnc(Nc4cccc(C(N)=O)c4)c3c2)ccc1F. The Morgan fingerprint density at radius 1 is 0.912 bits per heavy atom. The van der Waals surface area contributed by atoms with Crippen LogP contribution < -0.4 is 11.1 Å². The van der Waals surface area contributed by atoms with Gasteiger partial charge in [0.05, 0.1) is 11.2 Å². The number of hydrogen-bond acceptors (Lipinski definition) is 5. The van der Waals surface area contributed by atoms with E-state index in [2.05, 4.69) is 20.3 Å². The van der Waals surface area contributed by atoms with E-state index in [0.29, 0.717) is 22.6 Å². The smallest absolute Gasteiger partial charge is 0.248 e. The van der Waals surface area contributed by atoms with Gasteiger partial charge in [-0.05, 0) is 72.6 Å². The molecule has 3 N–H and O–H groups in total. The van der Waals surface area contributed by atoms with E-state index >= 15 is 0 Å². The molecule has 7 heteroatoms. The van der Waals surface area contributed by atoms with E-state index in [0.717, 1.165) is 33.3 Å². The summed E-state index contributed by atoms with van der Waals surface area (Å²) in [6, 6.07) is 21.6. The minimum Gasteiger partial charge on any atom is -0.366 e. The summed E-state index contributed by atoms with van der Waals surface area (Å²) >= 11 is 0. The summed E-state index contributed by atoms with van der Waals surface area (Å²) in [5, 5.41) is 4.07. The van der Waals surface area contributed by atoms with Crippen molar-refractivity contribution in [2.75, 3.05) is 5.32 Å². The average Bonchev–Trinajstić information content (AvgIpc) is 2.86. The molecule has 0 aliphatic carbocycles. The number of amides is 1. The summed E-state index contributed by atoms with van der Waals surface area (Å²) in [4.78, 5) is 24.9. The Kier molecular flexibility index (Phi) is 5.43. The summed E-state index contributed by atoms with van der Waals surface area (Å²) in [7, 11) is 0. The van der Waals surface area contributed by atoms with E-state index in [1.807, 2.05) is 36.4 Å². The van der Waals surface area contributed by atoms with Crippen molar-refractivity contribution in [1.29, 1.82) is 0 Å². The van der Waals surface area contributed by atoms with Crippen molar-refractivity contribution in [3.05, 3.63) is 102 Å². The van der Waals surface area contributed by atoms with E-state index in [4.69, 9.17) is 5.73 Å². The highest BCUT2D eigenvalue weighted by molar-refractivity contribution is 5.97. The van der Waals surface area contributed by atoms with Gasteiger partial charge < -0.3 is 11.1 Å². The van der Waals surface area contributed by atoms with Crippen LogP contribution in [0.25, 0.3) is 33.3 Å². The highest BCUT2D eigenvalue weighted by Gasteiger charge is 2.13. The van der Waals surface area contributed by atoms with Gasteiger partial charge in [-0.3, -0.25) is 9.78 Å². The molecule has 0 saturated heterocycles. The molecule has 0 unspecified atom stereocenters. The first-order chi connectivity index (χ1) is 16.5. The average molecular weight is 449 g/mol. The summed E-state index contributed by atoms with van der Waals surface area (Å²) in [6.45, 7) is 1.74. The van der Waals surface area contributed by atoms with Gasteiger partial charge in [-0.1, -0.05) is 18.2 Å². The zero-order valence-electron chi connectivity index (χ0n) is 18.3. The Morgan fingerprint density at radius 2 is 1.76 bits per heavy atom. The van der Waals surface area contributed by atoms with Gasteiger partial charge in [-0.25, -0.2) is 14.4 Å². The number of benzene rings is 3. The number of fused-ring (bicyclic) bond motifs is 1. The Morgan fingerprint density at radius 3 is 2.59 bits per heavy atom. The Labute approximate surface area is 195 Å². The maximum atomic E-state index is 13.8. The molecule has 0 aliphatic heterocycles. The van der Waals surface area contributed by atoms with E-state index in [1.165, 1.54) is 12.4 Å². The van der Waals surface area contributed by atoms with Crippen molar-refractivity contribution in [3.63, 3.8) is 0 Å². The van der Waals surface area contributed by atoms with Gasteiger partial charge in [0.15, 0.2) is 0 Å². The molecule has 5 aromatic rings. The third-order valence-corrected chi connectivity index (χ3v) is 5.60. The van der Waals surface area contributed by atoms with Crippen LogP contribution in [0.2, 0.25) is 0 Å². The first-order valence-electron chi connectivity index (χ1n) is 10.6. The fourth-order valence-corrected chi connectivity index (χ4v) is 3.87. The molecule has 0 fully saturated rings. The third-order valence-electron chi connectivity index (χ3n) is 5.60. The number of rotatable bonds is 5. The zero-order chi connectivity index (χ0) is 23.7. The van der Waals surface area contributed by atoms with E-state index in [9.17, 15) is 9.18 Å². The number of carbonyl (C=O) groups excluding carboxylic acids is 1. The van der Waals surface area contributed by atoms with Crippen molar-refractivity contribution in [2.45, 2.75) is 6.92 Å². The Balaban J connectivity index is 1.60. The number of carbonyl (C=O) groups is 1. The van der Waals surface area contributed by atoms with Gasteiger partial charge in [-0.15, -0.1) is 0 Å². The fraction of sp³-hybridized carbons (Fsp3) is 0.0370. The van der Waals surface area contributed by atoms with Crippen LogP contribution in [0.15, 0.2) is 85.3 Å². The normalized spacial score (nSPS) is 10.9. The van der Waals surface area contributed by atoms with E-state index < -0.39 is 5.91 Å². The predicted octanol–water partition coefficient (Wildman–Crippen LogP) is 5.65. The third kappa shape index (κ3) is 4.06. The molecule has 0 radical (unpaired) electrons. The lowest BCUT2D eigenvalue weighted by Crippen LogP contribution is -2.10. The van der Waals surface area contributed by atoms with Crippen LogP contribution in [0.3, 0.4) is 0 Å². The number of pyridine rings is 1. The quantitative estimate of drug-likeness (QED) is 0.362. The molecule has 0 atom stereocenters. The summed E-state index contributed by atoms with van der Waals surface area (Å²) in [5.41, 5.74) is 11.2. The number of nitrogens with zero attached hydrogens (tertiary/aromatic N) is 3. The number of nitrogens with one attached hydrogen (secondary N) is 1. The van der Waals surface area contributed by atoms with Crippen LogP contribution in [0, 0.1) is 12.7 Å². The summed E-state index contributed by atoms with van der Waals surface area (Å²) < 4.78 is 13.8. The molecule has 0 aliphatic rings. The lowest BCUT2D eigenvalue weighted by atomic mass is 9.97. The van der Waals surface area contributed by atoms with Gasteiger partial charge in [0.1, 0.15) is 18.0 Å². The fourth-order valence-electron chi connectivity index (χ4n) is 3.87. The molecule has 34 heavy (non-hydrogen) atoms. The molecule has 0 bridgehead atoms. The highest BCUT2D eigenvalue weighted by Crippen LogP contribution is 2.34. The second kappa shape index (κ2) is 8.71. The van der Waals surface area contributed by atoms with Crippen molar-refractivity contribution < 1.29 is 9.18 Å². The molecule has 3 aromatic carbocycles. The first kappa shape index (κ1) is 21.2. The lowest BCUT2D eigenvalue weighted by molar-refractivity contribution is 0.100. The highest BCUT2D eigenvalue weighted by atomic mass is 19.1. The number of anilines is 2. The monoisotopic (exact) mass is 449 g/mol. The van der Waals surface area contributed by atoms with Crippen LogP contribution in [0.1, 0.15) is 15.9 Å². The van der Waals surface area contributed by atoms with Gasteiger partial charge in [0.2, 0.25) is 5.91 Å². The molecule has 6 nitrogen and oxygen atoms in total. The van der Waals surface area contributed by atoms with Gasteiger partial charge in [0, 0.05) is 34.0 Å². The number of primary amides is 1. The first-order valence-corrected chi connectivity index (χ1v) is 10.6. The number of hydrogen-bond donors (Lipinski definition) is 2. The van der Waals surface area contributed by atoms with Crippen LogP contribution >= 0.6 is 0 Å². The minimum atomic E-state index is -0.501. The maximum absolute atomic E-state index is 13.8. The number of nitrogens with two attached hydrogens (primary N) is 1. The second-order valence-electron chi connectivity index (χ2n) is 7.89. The lowest BCUT2D eigenvalue weighted by Gasteiger charge is -2.13. The Bertz CT molecular complexity index is 1550. The second-order valence-corrected chi connectivity index (χ2v) is 7.89. The molecular weight excluding hydrogens is 429 g/mol. The molecule has 5 rings (SSSR count). The van der Waals surface area contributed by atoms with Crippen LogP contribution in [0.4, 0.5) is 15.9 Å². The van der Waals surface area contributed by atoms with Crippen molar-refractivity contribution in [3.8, 4) is 22.4 Å². The molecule has 0 saturated carbocycles. The van der Waals surface area contributed by atoms with Crippen molar-refractivity contribution in [1.82, 2.24) is 15.0 Å². The molecule has 166 valence electrons. The largest absolute Gasteiger partial charge is 0.366 e. The molecule has 2 aromatic heterocycles. The standard InChI is InChI=1S/C27H20FN5O/c1-16-12-18(7-9-23(16)28)25-21(6-3-11-30-25)17-8-10-24-22(14-17)27(32-15-31-24)33-20-5-2-4-19(13-20)26(29)34/h2-15H,1H3,(H2,29,34)(H,31,32,33). The van der Waals surface area contributed by atoms with E-state index in [1.54, 1.807) is 43.5 Å². The molecule has 0 spiro atoms. The maximum Gasteiger partial charge on any atom is 0.248 e. The zero-order valence-corrected chi connectivity index (χ0v) is 18.3. The number of aromatic nitrogens is 3. The summed E-state index contributed by atoms with van der Waals surface area (Å²) in [6.07, 6.45) is 3.21. The number of halogens is 1. The minimum absolute atomic E-state index is 0.250. The van der Waals surface area contributed by atoms with Gasteiger partial charge in [-0.2, -0.15) is 0 Å². The predicted molar refractivity (Wildman–Crippen MR) is 131 cm³/mol. The van der Waals surface area contributed by atoms with Crippen molar-refractivity contribution in [2.24, 2.45) is 5.73 Å². The topological polar surface area (TPSA) is 93.8 Å². The van der Waals surface area contributed by atoms with Crippen LogP contribution in [0.5, 0.6) is 0 Å². The van der Waals surface area contributed by atoms with Crippen LogP contribution in [-0.2, 0) is 0 Å². The Hall–Kier alpha value is -4.65. The van der Waals surface area contributed by atoms with Gasteiger partial charge in [0.25, 0.3) is 0 Å². The molecule has 2 heterocycles. The molecular formula is C27H20FN5O. The van der Waals surface area contributed by atoms with Crippen molar-refractivity contribution >= 4 is 28.3 Å². The van der Waals surface area contributed by atoms with E-state index in [-0.39, 0.29) is 5.82 Å². The van der Waals surface area contributed by atoms with Gasteiger partial charge >= 0.3 is 0 Å².